The smallest absolute Gasteiger partial charge is 0.00695 e. The zero-order valence-corrected chi connectivity index (χ0v) is 12.3. The van der Waals surface area contributed by atoms with Crippen LogP contribution in [0.3, 0.4) is 0 Å². The summed E-state index contributed by atoms with van der Waals surface area (Å²) >= 11 is 0. The van der Waals surface area contributed by atoms with Crippen molar-refractivity contribution in [1.29, 1.82) is 0 Å². The average molecular weight is 247 g/mol. The highest BCUT2D eigenvalue weighted by Crippen LogP contribution is 2.11. The summed E-state index contributed by atoms with van der Waals surface area (Å²) in [5, 5.41) is 3.70. The molecule has 0 bridgehead atoms. The summed E-state index contributed by atoms with van der Waals surface area (Å²) in [6.45, 7) is 6.77. The van der Waals surface area contributed by atoms with Gasteiger partial charge in [-0.05, 0) is 31.2 Å². The second-order valence-corrected chi connectivity index (χ2v) is 5.54. The molecular formula is C17H29N. The molecule has 0 aliphatic rings. The van der Waals surface area contributed by atoms with E-state index in [0.29, 0.717) is 12.1 Å². The Kier molecular flexibility index (Phi) is 7.75. The van der Waals surface area contributed by atoms with Crippen LogP contribution < -0.4 is 5.32 Å². The molecule has 0 heterocycles. The molecule has 1 aromatic rings. The Labute approximate surface area is 113 Å². The summed E-state index contributed by atoms with van der Waals surface area (Å²) in [4.78, 5) is 0. The van der Waals surface area contributed by atoms with Crippen molar-refractivity contribution in [3.05, 3.63) is 35.9 Å². The first kappa shape index (κ1) is 15.2. The van der Waals surface area contributed by atoms with Gasteiger partial charge in [0.05, 0.1) is 0 Å². The molecule has 0 spiro atoms. The van der Waals surface area contributed by atoms with E-state index in [1.807, 2.05) is 0 Å². The maximum atomic E-state index is 3.70. The third kappa shape index (κ3) is 6.80. The second kappa shape index (κ2) is 9.16. The fraction of sp³-hybridized carbons (Fsp3) is 0.647. The zero-order chi connectivity index (χ0) is 13.2. The van der Waals surface area contributed by atoms with Crippen molar-refractivity contribution in [2.24, 2.45) is 0 Å². The summed E-state index contributed by atoms with van der Waals surface area (Å²) in [6, 6.07) is 12.1. The minimum atomic E-state index is 0.601. The van der Waals surface area contributed by atoms with E-state index >= 15 is 0 Å². The highest BCUT2D eigenvalue weighted by molar-refractivity contribution is 5.14. The molecule has 1 atom stereocenters. The number of rotatable bonds is 9. The van der Waals surface area contributed by atoms with E-state index in [1.54, 1.807) is 0 Å². The first-order valence-corrected chi connectivity index (χ1v) is 7.52. The first-order chi connectivity index (χ1) is 8.72. The van der Waals surface area contributed by atoms with Gasteiger partial charge < -0.3 is 5.32 Å². The lowest BCUT2D eigenvalue weighted by atomic mass is 10.0. The largest absolute Gasteiger partial charge is 0.312 e. The molecule has 18 heavy (non-hydrogen) atoms. The molecule has 0 aromatic heterocycles. The van der Waals surface area contributed by atoms with Gasteiger partial charge in [-0.15, -0.1) is 0 Å². The van der Waals surface area contributed by atoms with Crippen molar-refractivity contribution in [2.45, 2.75) is 71.4 Å². The van der Waals surface area contributed by atoms with Crippen LogP contribution >= 0.6 is 0 Å². The molecule has 1 aromatic carbocycles. The van der Waals surface area contributed by atoms with Gasteiger partial charge in [0.25, 0.3) is 0 Å². The van der Waals surface area contributed by atoms with Crippen molar-refractivity contribution in [3.63, 3.8) is 0 Å². The Hall–Kier alpha value is -0.820. The van der Waals surface area contributed by atoms with E-state index in [4.69, 9.17) is 0 Å². The third-order valence-electron chi connectivity index (χ3n) is 3.34. The molecule has 0 aliphatic carbocycles. The summed E-state index contributed by atoms with van der Waals surface area (Å²) in [6.07, 6.45) is 7.77. The monoisotopic (exact) mass is 247 g/mol. The second-order valence-electron chi connectivity index (χ2n) is 5.54. The van der Waals surface area contributed by atoms with Gasteiger partial charge in [0.1, 0.15) is 0 Å². The van der Waals surface area contributed by atoms with E-state index in [0.717, 1.165) is 0 Å². The third-order valence-corrected chi connectivity index (χ3v) is 3.34. The van der Waals surface area contributed by atoms with E-state index in [1.165, 1.54) is 44.1 Å². The fourth-order valence-corrected chi connectivity index (χ4v) is 2.43. The molecule has 1 N–H and O–H groups in total. The van der Waals surface area contributed by atoms with E-state index < -0.39 is 0 Å². The van der Waals surface area contributed by atoms with Gasteiger partial charge in [0.15, 0.2) is 0 Å². The average Bonchev–Trinajstić information content (AvgIpc) is 2.36. The van der Waals surface area contributed by atoms with Crippen LogP contribution in [0.2, 0.25) is 0 Å². The lowest BCUT2D eigenvalue weighted by molar-refractivity contribution is 0.398. The summed E-state index contributed by atoms with van der Waals surface area (Å²) in [5.74, 6) is 0. The first-order valence-electron chi connectivity index (χ1n) is 7.52. The van der Waals surface area contributed by atoms with Crippen LogP contribution in [0.5, 0.6) is 0 Å². The Morgan fingerprint density at radius 1 is 1.00 bits per heavy atom. The number of aryl methyl sites for hydroxylation is 1. The van der Waals surface area contributed by atoms with E-state index in [2.05, 4.69) is 56.4 Å². The Bertz CT molecular complexity index is 292. The van der Waals surface area contributed by atoms with E-state index in [9.17, 15) is 0 Å². The van der Waals surface area contributed by atoms with Gasteiger partial charge in [-0.3, -0.25) is 0 Å². The summed E-state index contributed by atoms with van der Waals surface area (Å²) < 4.78 is 0. The quantitative estimate of drug-likeness (QED) is 0.674. The topological polar surface area (TPSA) is 12.0 Å². The Balaban J connectivity index is 2.27. The van der Waals surface area contributed by atoms with Gasteiger partial charge >= 0.3 is 0 Å². The molecule has 0 saturated carbocycles. The van der Waals surface area contributed by atoms with Crippen LogP contribution in [-0.2, 0) is 6.42 Å². The van der Waals surface area contributed by atoms with Crippen LogP contribution in [0.4, 0.5) is 0 Å². The van der Waals surface area contributed by atoms with Crippen molar-refractivity contribution >= 4 is 0 Å². The number of nitrogens with one attached hydrogen (secondary N) is 1. The van der Waals surface area contributed by atoms with Crippen LogP contribution in [0.25, 0.3) is 0 Å². The fourth-order valence-electron chi connectivity index (χ4n) is 2.43. The van der Waals surface area contributed by atoms with Crippen molar-refractivity contribution in [2.75, 3.05) is 0 Å². The molecule has 0 saturated heterocycles. The minimum Gasteiger partial charge on any atom is -0.312 e. The summed E-state index contributed by atoms with van der Waals surface area (Å²) in [7, 11) is 0. The minimum absolute atomic E-state index is 0.601. The molecule has 1 unspecified atom stereocenters. The van der Waals surface area contributed by atoms with Crippen molar-refractivity contribution in [3.8, 4) is 0 Å². The number of benzene rings is 1. The standard InChI is InChI=1S/C17H29N/c1-4-5-13-17(18-15(2)3)14-9-12-16-10-7-6-8-11-16/h6-8,10-11,15,17-18H,4-5,9,12-14H2,1-3H3. The zero-order valence-electron chi connectivity index (χ0n) is 12.3. The van der Waals surface area contributed by atoms with E-state index in [-0.39, 0.29) is 0 Å². The highest BCUT2D eigenvalue weighted by Gasteiger charge is 2.08. The Morgan fingerprint density at radius 2 is 1.67 bits per heavy atom. The molecule has 0 aliphatic heterocycles. The lowest BCUT2D eigenvalue weighted by Crippen LogP contribution is -2.34. The van der Waals surface area contributed by atoms with Crippen molar-refractivity contribution in [1.82, 2.24) is 5.32 Å². The number of unbranched alkanes of at least 4 members (excludes halogenated alkanes) is 1. The highest BCUT2D eigenvalue weighted by atomic mass is 14.9. The van der Waals surface area contributed by atoms with Crippen LogP contribution in [0.1, 0.15) is 58.4 Å². The van der Waals surface area contributed by atoms with Crippen LogP contribution in [-0.4, -0.2) is 12.1 Å². The maximum absolute atomic E-state index is 3.70. The lowest BCUT2D eigenvalue weighted by Gasteiger charge is -2.21. The van der Waals surface area contributed by atoms with Gasteiger partial charge in [-0.2, -0.15) is 0 Å². The van der Waals surface area contributed by atoms with Gasteiger partial charge in [0, 0.05) is 12.1 Å². The molecule has 102 valence electrons. The molecule has 0 fully saturated rings. The maximum Gasteiger partial charge on any atom is 0.00695 e. The van der Waals surface area contributed by atoms with Crippen LogP contribution in [0.15, 0.2) is 30.3 Å². The Morgan fingerprint density at radius 3 is 2.28 bits per heavy atom. The SMILES string of the molecule is CCCCC(CCCc1ccccc1)NC(C)C. The van der Waals surface area contributed by atoms with Crippen LogP contribution in [0, 0.1) is 0 Å². The number of hydrogen-bond acceptors (Lipinski definition) is 1. The number of hydrogen-bond donors (Lipinski definition) is 1. The molecule has 0 amide bonds. The normalized spacial score (nSPS) is 12.9. The van der Waals surface area contributed by atoms with Crippen molar-refractivity contribution < 1.29 is 0 Å². The molecule has 1 nitrogen and oxygen atoms in total. The molecule has 1 heteroatoms. The molecule has 0 radical (unpaired) electrons. The predicted octanol–water partition coefficient (Wildman–Crippen LogP) is 4.57. The molecule has 1 rings (SSSR count). The van der Waals surface area contributed by atoms with Gasteiger partial charge in [-0.25, -0.2) is 0 Å². The predicted molar refractivity (Wildman–Crippen MR) is 81.0 cm³/mol. The summed E-state index contributed by atoms with van der Waals surface area (Å²) in [5.41, 5.74) is 1.47. The van der Waals surface area contributed by atoms with Gasteiger partial charge in [0.2, 0.25) is 0 Å². The molecular weight excluding hydrogens is 218 g/mol. The van der Waals surface area contributed by atoms with Gasteiger partial charge in [-0.1, -0.05) is 63.9 Å².